The van der Waals surface area contributed by atoms with Crippen LogP contribution in [0, 0.1) is 34.9 Å². The first-order valence-electron chi connectivity index (χ1n) is 16.0. The Hall–Kier alpha value is -3.70. The number of imidazole rings is 1. The number of hydrogen-bond donors (Lipinski definition) is 1. The van der Waals surface area contributed by atoms with Crippen LogP contribution in [-0.2, 0) is 16.8 Å². The van der Waals surface area contributed by atoms with E-state index in [0.717, 1.165) is 64.0 Å². The summed E-state index contributed by atoms with van der Waals surface area (Å²) in [6, 6.07) is 17.4. The van der Waals surface area contributed by atoms with Crippen LogP contribution in [0.5, 0.6) is 0 Å². The van der Waals surface area contributed by atoms with Gasteiger partial charge in [-0.05, 0) is 92.6 Å². The Morgan fingerprint density at radius 3 is 2.47 bits per heavy atom. The Balaban J connectivity index is 1.19. The number of amides is 1. The molecule has 2 aromatic carbocycles. The molecule has 1 unspecified atom stereocenters. The molecule has 3 heterocycles. The minimum atomic E-state index is -0.236. The van der Waals surface area contributed by atoms with Crippen LogP contribution in [0.3, 0.4) is 0 Å². The second-order valence-electron chi connectivity index (χ2n) is 12.8. The number of piperidine rings is 1. The fourth-order valence-corrected chi connectivity index (χ4v) is 8.07. The average Bonchev–Trinajstić information content (AvgIpc) is 3.71. The van der Waals surface area contributed by atoms with E-state index in [1.165, 1.54) is 18.5 Å². The van der Waals surface area contributed by atoms with Crippen molar-refractivity contribution in [3.05, 3.63) is 77.9 Å². The van der Waals surface area contributed by atoms with E-state index in [-0.39, 0.29) is 17.1 Å². The third-order valence-electron chi connectivity index (χ3n) is 10.3. The summed E-state index contributed by atoms with van der Waals surface area (Å²) in [6.07, 6.45) is 11.0. The van der Waals surface area contributed by atoms with Gasteiger partial charge in [-0.1, -0.05) is 31.9 Å². The van der Waals surface area contributed by atoms with E-state index >= 15 is 0 Å². The Kier molecular flexibility index (Phi) is 8.80. The van der Waals surface area contributed by atoms with Crippen molar-refractivity contribution in [2.45, 2.75) is 63.8 Å². The number of hydrogen-bond acceptors (Lipinski definition) is 5. The highest BCUT2D eigenvalue weighted by atomic mass is 19.1. The number of rotatable bonds is 10. The first kappa shape index (κ1) is 29.4. The highest BCUT2D eigenvalue weighted by molar-refractivity contribution is 5.88. The Labute approximate surface area is 254 Å². The van der Waals surface area contributed by atoms with Crippen LogP contribution in [0.4, 0.5) is 16.0 Å². The summed E-state index contributed by atoms with van der Waals surface area (Å²) in [5, 5.41) is 12.1. The molecule has 0 spiro atoms. The molecule has 2 aliphatic heterocycles. The average molecular weight is 583 g/mol. The molecule has 0 bridgehead atoms. The molecular formula is C35H43FN6O. The van der Waals surface area contributed by atoms with Gasteiger partial charge in [0.05, 0.1) is 11.6 Å². The molecule has 1 N–H and O–H groups in total. The van der Waals surface area contributed by atoms with Crippen LogP contribution < -0.4 is 10.2 Å². The molecule has 1 aliphatic carbocycles. The van der Waals surface area contributed by atoms with Gasteiger partial charge in [-0.3, -0.25) is 10.1 Å². The molecule has 2 saturated heterocycles. The molecule has 3 aliphatic rings. The first-order chi connectivity index (χ1) is 21.0. The molecule has 3 fully saturated rings. The lowest BCUT2D eigenvalue weighted by molar-refractivity contribution is -0.116. The second kappa shape index (κ2) is 12.9. The Morgan fingerprint density at radius 1 is 1.07 bits per heavy atom. The lowest BCUT2D eigenvalue weighted by Crippen LogP contribution is -2.54. The van der Waals surface area contributed by atoms with Crippen molar-refractivity contribution in [2.75, 3.05) is 42.9 Å². The molecule has 8 heteroatoms. The van der Waals surface area contributed by atoms with E-state index in [9.17, 15) is 9.18 Å². The fourth-order valence-electron chi connectivity index (χ4n) is 8.07. The third kappa shape index (κ3) is 6.19. The lowest BCUT2D eigenvalue weighted by Gasteiger charge is -2.50. The summed E-state index contributed by atoms with van der Waals surface area (Å²) < 4.78 is 17.0. The number of likely N-dealkylation sites (tertiary alicyclic amines) is 1. The summed E-state index contributed by atoms with van der Waals surface area (Å²) in [7, 11) is 0. The fraction of sp³-hybridized carbons (Fsp3) is 0.514. The number of aromatic nitrogens is 2. The number of benzene rings is 2. The number of anilines is 2. The highest BCUT2D eigenvalue weighted by Crippen LogP contribution is 2.52. The van der Waals surface area contributed by atoms with Gasteiger partial charge in [0.25, 0.3) is 0 Å². The summed E-state index contributed by atoms with van der Waals surface area (Å²) in [4.78, 5) is 21.8. The molecule has 3 aromatic rings. The zero-order chi connectivity index (χ0) is 29.8. The van der Waals surface area contributed by atoms with E-state index in [0.29, 0.717) is 42.2 Å². The smallest absolute Gasteiger partial charge is 0.226 e. The van der Waals surface area contributed by atoms with Crippen LogP contribution in [0.1, 0.15) is 63.0 Å². The normalized spacial score (nSPS) is 20.0. The zero-order valence-corrected chi connectivity index (χ0v) is 25.2. The molecule has 43 heavy (non-hydrogen) atoms. The van der Waals surface area contributed by atoms with Crippen LogP contribution in [0.2, 0.25) is 0 Å². The third-order valence-corrected chi connectivity index (χ3v) is 10.3. The van der Waals surface area contributed by atoms with Crippen molar-refractivity contribution in [2.24, 2.45) is 17.8 Å². The molecule has 1 aromatic heterocycles. The van der Waals surface area contributed by atoms with Crippen molar-refractivity contribution < 1.29 is 9.18 Å². The number of nitrogens with zero attached hydrogens (tertiary/aromatic N) is 5. The van der Waals surface area contributed by atoms with Crippen molar-refractivity contribution >= 4 is 17.5 Å². The van der Waals surface area contributed by atoms with Crippen molar-refractivity contribution in [3.63, 3.8) is 0 Å². The lowest BCUT2D eigenvalue weighted by atomic mass is 9.59. The van der Waals surface area contributed by atoms with E-state index in [1.807, 2.05) is 31.3 Å². The maximum Gasteiger partial charge on any atom is 0.226 e. The molecule has 1 atom stereocenters. The SMILES string of the molecule is CCC(=O)Nc1nccn1CC(c1cccc(F)c1)(C1CCCC1)C1CCN(CC2CN(c3ccc(C#N)cc3)C2)CC1. The summed E-state index contributed by atoms with van der Waals surface area (Å²) in [5.41, 5.74) is 2.75. The van der Waals surface area contributed by atoms with E-state index < -0.39 is 0 Å². The predicted molar refractivity (Wildman–Crippen MR) is 167 cm³/mol. The number of carbonyl (C=O) groups is 1. The van der Waals surface area contributed by atoms with Crippen LogP contribution >= 0.6 is 0 Å². The predicted octanol–water partition coefficient (Wildman–Crippen LogP) is 6.22. The minimum Gasteiger partial charge on any atom is -0.371 e. The topological polar surface area (TPSA) is 77.2 Å². The number of halogens is 1. The van der Waals surface area contributed by atoms with Gasteiger partial charge >= 0.3 is 0 Å². The molecule has 7 nitrogen and oxygen atoms in total. The largest absolute Gasteiger partial charge is 0.371 e. The maximum atomic E-state index is 14.9. The van der Waals surface area contributed by atoms with Gasteiger partial charge in [-0.15, -0.1) is 0 Å². The van der Waals surface area contributed by atoms with E-state index in [2.05, 4.69) is 48.9 Å². The standard InChI is InChI=1S/C35H43FN6O/c1-2-33(43)39-34-38-16-19-41(34)25-35(28-6-3-4-7-28,30-8-5-9-31(36)20-30)29-14-17-40(18-15-29)22-27-23-42(24-27)32-12-10-26(21-37)11-13-32/h5,8-13,16,19-20,27-29H,2-4,6-7,14-15,17-18,22-25H2,1H3,(H,38,39,43). The Bertz CT molecular complexity index is 1430. The van der Waals surface area contributed by atoms with Crippen LogP contribution in [0.15, 0.2) is 60.9 Å². The summed E-state index contributed by atoms with van der Waals surface area (Å²) in [5.74, 6) is 1.86. The summed E-state index contributed by atoms with van der Waals surface area (Å²) >= 11 is 0. The quantitative estimate of drug-likeness (QED) is 0.307. The maximum absolute atomic E-state index is 14.9. The van der Waals surface area contributed by atoms with Gasteiger partial charge in [-0.25, -0.2) is 9.37 Å². The molecule has 6 rings (SSSR count). The first-order valence-corrected chi connectivity index (χ1v) is 16.0. The monoisotopic (exact) mass is 582 g/mol. The molecular weight excluding hydrogens is 539 g/mol. The van der Waals surface area contributed by atoms with Crippen LogP contribution in [-0.4, -0.2) is 53.1 Å². The van der Waals surface area contributed by atoms with Gasteiger partial charge in [0, 0.05) is 62.0 Å². The zero-order valence-electron chi connectivity index (χ0n) is 25.2. The van der Waals surface area contributed by atoms with Gasteiger partial charge in [-0.2, -0.15) is 5.26 Å². The van der Waals surface area contributed by atoms with Crippen molar-refractivity contribution in [3.8, 4) is 6.07 Å². The van der Waals surface area contributed by atoms with E-state index in [1.54, 1.807) is 18.3 Å². The molecule has 1 saturated carbocycles. The minimum absolute atomic E-state index is 0.0493. The Morgan fingerprint density at radius 2 is 1.79 bits per heavy atom. The van der Waals surface area contributed by atoms with Gasteiger partial charge in [0.15, 0.2) is 0 Å². The van der Waals surface area contributed by atoms with Crippen LogP contribution in [0.25, 0.3) is 0 Å². The molecule has 1 amide bonds. The van der Waals surface area contributed by atoms with E-state index in [4.69, 9.17) is 5.26 Å². The highest BCUT2D eigenvalue weighted by Gasteiger charge is 2.49. The summed E-state index contributed by atoms with van der Waals surface area (Å²) in [6.45, 7) is 7.83. The van der Waals surface area contributed by atoms with Crippen molar-refractivity contribution in [1.29, 1.82) is 5.26 Å². The van der Waals surface area contributed by atoms with Gasteiger partial charge < -0.3 is 14.4 Å². The second-order valence-corrected chi connectivity index (χ2v) is 12.8. The number of nitrogens with one attached hydrogen (secondary N) is 1. The van der Waals surface area contributed by atoms with Crippen molar-refractivity contribution in [1.82, 2.24) is 14.5 Å². The molecule has 226 valence electrons. The van der Waals surface area contributed by atoms with Gasteiger partial charge in [0.2, 0.25) is 11.9 Å². The molecule has 0 radical (unpaired) electrons. The number of nitriles is 1. The number of carbonyl (C=O) groups excluding carboxylic acids is 1. The van der Waals surface area contributed by atoms with Gasteiger partial charge in [0.1, 0.15) is 5.82 Å².